The maximum Gasteiger partial charge on any atom is 0.258 e. The third kappa shape index (κ3) is 4.41. The quantitative estimate of drug-likeness (QED) is 0.533. The second kappa shape index (κ2) is 8.47. The molecule has 9 heteroatoms. The van der Waals surface area contributed by atoms with Gasteiger partial charge in [0.25, 0.3) is 5.56 Å². The minimum Gasteiger partial charge on any atom is -0.361 e. The van der Waals surface area contributed by atoms with Crippen LogP contribution in [0.3, 0.4) is 0 Å². The van der Waals surface area contributed by atoms with Crippen LogP contribution in [0, 0.1) is 6.92 Å². The van der Waals surface area contributed by atoms with Gasteiger partial charge in [-0.2, -0.15) is 0 Å². The summed E-state index contributed by atoms with van der Waals surface area (Å²) < 4.78 is 1.49. The van der Waals surface area contributed by atoms with Crippen LogP contribution in [0.4, 0.5) is 0 Å². The molecule has 174 valence electrons. The van der Waals surface area contributed by atoms with Gasteiger partial charge in [0.05, 0.1) is 23.3 Å². The maximum atomic E-state index is 13.6. The summed E-state index contributed by atoms with van der Waals surface area (Å²) in [6.45, 7) is 5.59. The highest BCUT2D eigenvalue weighted by Gasteiger charge is 2.33. The van der Waals surface area contributed by atoms with Crippen LogP contribution in [0.15, 0.2) is 35.3 Å². The summed E-state index contributed by atoms with van der Waals surface area (Å²) in [5.41, 5.74) is 7.85. The van der Waals surface area contributed by atoms with Crippen LogP contribution in [0.2, 0.25) is 0 Å². The SMILES string of the molecule is Cc1nc2c(c(=O)n1C)CN(C(=O)C(Cc1c[nH]c3ccccc13)NC(=O)C(C)(C)N)CC2. The molecule has 1 aromatic carbocycles. The number of carbonyl (C=O) groups is 2. The number of aromatic amines is 1. The molecule has 0 spiro atoms. The Bertz CT molecular complexity index is 1280. The van der Waals surface area contributed by atoms with Crippen LogP contribution < -0.4 is 16.6 Å². The summed E-state index contributed by atoms with van der Waals surface area (Å²) >= 11 is 0. The van der Waals surface area contributed by atoms with E-state index in [1.165, 1.54) is 4.57 Å². The minimum atomic E-state index is -1.13. The summed E-state index contributed by atoms with van der Waals surface area (Å²) in [5, 5.41) is 3.84. The number of hydrogen-bond donors (Lipinski definition) is 3. The normalized spacial score (nSPS) is 14.8. The van der Waals surface area contributed by atoms with E-state index in [9.17, 15) is 14.4 Å². The number of H-pyrrole nitrogens is 1. The fraction of sp³-hybridized carbons (Fsp3) is 0.417. The van der Waals surface area contributed by atoms with E-state index in [-0.39, 0.29) is 18.0 Å². The molecule has 1 aliphatic rings. The molecule has 0 fully saturated rings. The van der Waals surface area contributed by atoms with E-state index in [0.29, 0.717) is 30.8 Å². The number of carbonyl (C=O) groups excluding carboxylic acids is 2. The summed E-state index contributed by atoms with van der Waals surface area (Å²) in [4.78, 5) is 48.5. The number of fused-ring (bicyclic) bond motifs is 2. The molecule has 0 radical (unpaired) electrons. The highest BCUT2D eigenvalue weighted by atomic mass is 16.2. The standard InChI is InChI=1S/C24H30N6O3/c1-14-27-19-9-10-30(13-17(19)21(31)29(14)4)22(32)20(28-23(33)24(2,3)25)11-15-12-26-18-8-6-5-7-16(15)18/h5-8,12,20,26H,9-11,13,25H2,1-4H3,(H,28,33). The van der Waals surface area contributed by atoms with Crippen molar-refractivity contribution in [1.82, 2.24) is 24.8 Å². The van der Waals surface area contributed by atoms with Crippen molar-refractivity contribution in [3.05, 3.63) is 63.5 Å². The van der Waals surface area contributed by atoms with E-state index in [4.69, 9.17) is 5.73 Å². The smallest absolute Gasteiger partial charge is 0.258 e. The Morgan fingerprint density at radius 1 is 1.30 bits per heavy atom. The molecule has 9 nitrogen and oxygen atoms in total. The Hall–Kier alpha value is -3.46. The third-order valence-corrected chi connectivity index (χ3v) is 6.26. The summed E-state index contributed by atoms with van der Waals surface area (Å²) in [6.07, 6.45) is 2.66. The van der Waals surface area contributed by atoms with Crippen LogP contribution in [0.25, 0.3) is 10.9 Å². The number of aromatic nitrogens is 3. The number of para-hydroxylation sites is 1. The lowest BCUT2D eigenvalue weighted by Crippen LogP contribution is -2.57. The molecule has 4 N–H and O–H groups in total. The van der Waals surface area contributed by atoms with Gasteiger partial charge in [-0.3, -0.25) is 19.0 Å². The minimum absolute atomic E-state index is 0.143. The number of amides is 2. The van der Waals surface area contributed by atoms with Gasteiger partial charge in [-0.15, -0.1) is 0 Å². The first-order valence-corrected chi connectivity index (χ1v) is 11.0. The zero-order chi connectivity index (χ0) is 23.9. The third-order valence-electron chi connectivity index (χ3n) is 6.26. The highest BCUT2D eigenvalue weighted by Crippen LogP contribution is 2.21. The van der Waals surface area contributed by atoms with E-state index >= 15 is 0 Å². The average Bonchev–Trinajstić information content (AvgIpc) is 3.18. The molecule has 2 aromatic heterocycles. The molecule has 4 rings (SSSR count). The van der Waals surface area contributed by atoms with Crippen LogP contribution >= 0.6 is 0 Å². The van der Waals surface area contributed by atoms with Crippen LogP contribution in [-0.2, 0) is 36.0 Å². The Kier molecular flexibility index (Phi) is 5.84. The van der Waals surface area contributed by atoms with Gasteiger partial charge in [0, 0.05) is 43.5 Å². The molecule has 3 heterocycles. The highest BCUT2D eigenvalue weighted by molar-refractivity contribution is 5.92. The predicted molar refractivity (Wildman–Crippen MR) is 126 cm³/mol. The molecule has 1 atom stereocenters. The number of benzene rings is 1. The molecular formula is C24H30N6O3. The van der Waals surface area contributed by atoms with Gasteiger partial charge in [0.15, 0.2) is 0 Å². The first-order chi connectivity index (χ1) is 15.6. The monoisotopic (exact) mass is 450 g/mol. The summed E-state index contributed by atoms with van der Waals surface area (Å²) in [5.74, 6) is -0.00866. The van der Waals surface area contributed by atoms with Crippen molar-refractivity contribution in [2.24, 2.45) is 12.8 Å². The van der Waals surface area contributed by atoms with Crippen LogP contribution in [-0.4, -0.2) is 49.4 Å². The number of rotatable bonds is 5. The molecule has 2 amide bonds. The second-order valence-corrected chi connectivity index (χ2v) is 9.27. The largest absolute Gasteiger partial charge is 0.361 e. The first-order valence-electron chi connectivity index (χ1n) is 11.0. The second-order valence-electron chi connectivity index (χ2n) is 9.27. The van der Waals surface area contributed by atoms with Gasteiger partial charge in [0.1, 0.15) is 11.9 Å². The average molecular weight is 451 g/mol. The Labute approximate surface area is 192 Å². The zero-order valence-electron chi connectivity index (χ0n) is 19.4. The van der Waals surface area contributed by atoms with Crippen LogP contribution in [0.1, 0.15) is 36.5 Å². The van der Waals surface area contributed by atoms with Crippen molar-refractivity contribution in [3.63, 3.8) is 0 Å². The van der Waals surface area contributed by atoms with Gasteiger partial charge in [0.2, 0.25) is 11.8 Å². The van der Waals surface area contributed by atoms with E-state index in [0.717, 1.165) is 22.2 Å². The van der Waals surface area contributed by atoms with Gasteiger partial charge in [-0.05, 0) is 32.4 Å². The molecule has 0 saturated heterocycles. The molecular weight excluding hydrogens is 420 g/mol. The lowest BCUT2D eigenvalue weighted by molar-refractivity contribution is -0.138. The molecule has 0 aliphatic carbocycles. The van der Waals surface area contributed by atoms with Gasteiger partial charge in [-0.25, -0.2) is 4.98 Å². The van der Waals surface area contributed by atoms with Crippen molar-refractivity contribution in [2.45, 2.75) is 51.7 Å². The lowest BCUT2D eigenvalue weighted by Gasteiger charge is -2.32. The Morgan fingerprint density at radius 3 is 2.76 bits per heavy atom. The zero-order valence-corrected chi connectivity index (χ0v) is 19.4. The molecule has 1 unspecified atom stereocenters. The maximum absolute atomic E-state index is 13.6. The molecule has 33 heavy (non-hydrogen) atoms. The van der Waals surface area contributed by atoms with Crippen LogP contribution in [0.5, 0.6) is 0 Å². The van der Waals surface area contributed by atoms with Gasteiger partial charge < -0.3 is 20.9 Å². The van der Waals surface area contributed by atoms with E-state index in [2.05, 4.69) is 15.3 Å². The molecule has 3 aromatic rings. The van der Waals surface area contributed by atoms with E-state index in [1.54, 1.807) is 32.7 Å². The van der Waals surface area contributed by atoms with Crippen molar-refractivity contribution in [2.75, 3.05) is 6.54 Å². The van der Waals surface area contributed by atoms with Crippen molar-refractivity contribution in [1.29, 1.82) is 0 Å². The van der Waals surface area contributed by atoms with Gasteiger partial charge >= 0.3 is 0 Å². The fourth-order valence-electron chi connectivity index (χ4n) is 4.16. The molecule has 1 aliphatic heterocycles. The predicted octanol–water partition coefficient (Wildman–Crippen LogP) is 0.920. The fourth-order valence-corrected chi connectivity index (χ4v) is 4.16. The van der Waals surface area contributed by atoms with Crippen molar-refractivity contribution < 1.29 is 9.59 Å². The topological polar surface area (TPSA) is 126 Å². The first kappa shape index (κ1) is 22.7. The van der Waals surface area contributed by atoms with E-state index < -0.39 is 17.5 Å². The lowest BCUT2D eigenvalue weighted by atomic mass is 9.99. The van der Waals surface area contributed by atoms with Crippen molar-refractivity contribution in [3.8, 4) is 0 Å². The Morgan fingerprint density at radius 2 is 2.03 bits per heavy atom. The summed E-state index contributed by atoms with van der Waals surface area (Å²) in [6, 6.07) is 6.99. The number of nitrogens with zero attached hydrogens (tertiary/aromatic N) is 3. The number of aryl methyl sites for hydroxylation is 1. The molecule has 0 saturated carbocycles. The van der Waals surface area contributed by atoms with Crippen molar-refractivity contribution >= 4 is 22.7 Å². The number of nitrogens with two attached hydrogens (primary N) is 1. The van der Waals surface area contributed by atoms with Gasteiger partial charge in [-0.1, -0.05) is 18.2 Å². The Balaban J connectivity index is 1.64. The number of nitrogens with one attached hydrogen (secondary N) is 2. The number of hydrogen-bond acceptors (Lipinski definition) is 5. The van der Waals surface area contributed by atoms with E-state index in [1.807, 2.05) is 30.5 Å². The molecule has 0 bridgehead atoms. The summed E-state index contributed by atoms with van der Waals surface area (Å²) in [7, 11) is 1.68.